The number of anilines is 1. The fourth-order valence-corrected chi connectivity index (χ4v) is 4.68. The lowest BCUT2D eigenvalue weighted by Crippen LogP contribution is -2.29. The van der Waals surface area contributed by atoms with Crippen molar-refractivity contribution < 1.29 is 9.59 Å². The fraction of sp³-hybridized carbons (Fsp3) is 0.250. The van der Waals surface area contributed by atoms with Gasteiger partial charge in [0, 0.05) is 21.4 Å². The highest BCUT2D eigenvalue weighted by Gasteiger charge is 2.21. The maximum Gasteiger partial charge on any atom is 0.252 e. The van der Waals surface area contributed by atoms with Crippen LogP contribution >= 0.6 is 34.4 Å². The maximum atomic E-state index is 12.7. The number of nitrogens with zero attached hydrogens (tertiary/aromatic N) is 3. The van der Waals surface area contributed by atoms with E-state index in [1.54, 1.807) is 12.1 Å². The topological polar surface area (TPSA) is 88.9 Å². The summed E-state index contributed by atoms with van der Waals surface area (Å²) in [5.41, 5.74) is 3.33. The van der Waals surface area contributed by atoms with Crippen molar-refractivity contribution in [2.24, 2.45) is 0 Å². The van der Waals surface area contributed by atoms with E-state index in [0.717, 1.165) is 20.4 Å². The zero-order chi connectivity index (χ0) is 24.0. The number of rotatable bonds is 9. The molecule has 0 aliphatic carbocycles. The van der Waals surface area contributed by atoms with Gasteiger partial charge >= 0.3 is 0 Å². The Labute approximate surface area is 211 Å². The third-order valence-corrected chi connectivity index (χ3v) is 6.61. The number of benzene rings is 2. The second-order valence-electron chi connectivity index (χ2n) is 7.55. The summed E-state index contributed by atoms with van der Waals surface area (Å²) in [6.45, 7) is 10.0. The Bertz CT molecular complexity index is 1180. The number of hydrogen-bond acceptors (Lipinski definition) is 5. The standard InChI is InChI=1S/C24H26IN5O2S/c1-5-12-30-22(17(4)26-23(32)19-9-7-6-8-15(19)2)28-29-24(30)33-14-21(31)27-20-11-10-18(25)13-16(20)3/h5-11,13,17H,1,12,14H2,2-4H3,(H,26,32)(H,27,31)/t17-/m0/s1. The summed E-state index contributed by atoms with van der Waals surface area (Å²) in [5.74, 6) is 0.494. The molecule has 1 heterocycles. The molecule has 2 N–H and O–H groups in total. The van der Waals surface area contributed by atoms with Crippen LogP contribution in [0.3, 0.4) is 0 Å². The van der Waals surface area contributed by atoms with Crippen molar-refractivity contribution in [2.75, 3.05) is 11.1 Å². The van der Waals surface area contributed by atoms with Gasteiger partial charge in [0.1, 0.15) is 0 Å². The first-order chi connectivity index (χ1) is 15.8. The molecular formula is C24H26IN5O2S. The van der Waals surface area contributed by atoms with Gasteiger partial charge in [0.2, 0.25) is 5.91 Å². The molecule has 3 rings (SSSR count). The van der Waals surface area contributed by atoms with Crippen molar-refractivity contribution in [1.29, 1.82) is 0 Å². The first kappa shape index (κ1) is 25.0. The number of thioether (sulfide) groups is 1. The van der Waals surface area contributed by atoms with Crippen LogP contribution in [0.2, 0.25) is 0 Å². The van der Waals surface area contributed by atoms with Crippen molar-refractivity contribution in [2.45, 2.75) is 38.5 Å². The summed E-state index contributed by atoms with van der Waals surface area (Å²) in [4.78, 5) is 25.2. The highest BCUT2D eigenvalue weighted by molar-refractivity contribution is 14.1. The van der Waals surface area contributed by atoms with Gasteiger partial charge in [-0.1, -0.05) is 36.0 Å². The number of aryl methyl sites for hydroxylation is 2. The second-order valence-corrected chi connectivity index (χ2v) is 9.73. The van der Waals surface area contributed by atoms with Gasteiger partial charge in [0.15, 0.2) is 11.0 Å². The predicted octanol–water partition coefficient (Wildman–Crippen LogP) is 4.91. The van der Waals surface area contributed by atoms with Crippen molar-refractivity contribution in [3.63, 3.8) is 0 Å². The van der Waals surface area contributed by atoms with Crippen LogP contribution in [0.1, 0.15) is 40.3 Å². The third kappa shape index (κ3) is 6.44. The van der Waals surface area contributed by atoms with E-state index in [1.807, 2.05) is 61.7 Å². The average Bonchev–Trinajstić information content (AvgIpc) is 3.17. The lowest BCUT2D eigenvalue weighted by atomic mass is 10.1. The Morgan fingerprint density at radius 1 is 1.18 bits per heavy atom. The Morgan fingerprint density at radius 3 is 2.64 bits per heavy atom. The minimum absolute atomic E-state index is 0.125. The molecule has 7 nitrogen and oxygen atoms in total. The van der Waals surface area contributed by atoms with Gasteiger partial charge in [-0.15, -0.1) is 16.8 Å². The molecule has 2 amide bonds. The van der Waals surface area contributed by atoms with E-state index >= 15 is 0 Å². The summed E-state index contributed by atoms with van der Waals surface area (Å²) in [5, 5.41) is 15.1. The minimum Gasteiger partial charge on any atom is -0.342 e. The molecule has 0 spiro atoms. The van der Waals surface area contributed by atoms with Crippen LogP contribution in [0.5, 0.6) is 0 Å². The number of carbonyl (C=O) groups excluding carboxylic acids is 2. The zero-order valence-corrected chi connectivity index (χ0v) is 21.7. The maximum absolute atomic E-state index is 12.7. The van der Waals surface area contributed by atoms with Crippen LogP contribution in [0, 0.1) is 17.4 Å². The molecule has 172 valence electrons. The number of aromatic nitrogens is 3. The summed E-state index contributed by atoms with van der Waals surface area (Å²) in [6.07, 6.45) is 1.74. The van der Waals surface area contributed by atoms with Crippen LogP contribution in [0.25, 0.3) is 0 Å². The molecule has 1 aromatic heterocycles. The largest absolute Gasteiger partial charge is 0.342 e. The number of nitrogens with one attached hydrogen (secondary N) is 2. The monoisotopic (exact) mass is 575 g/mol. The van der Waals surface area contributed by atoms with E-state index in [2.05, 4.69) is 50.0 Å². The van der Waals surface area contributed by atoms with Gasteiger partial charge < -0.3 is 15.2 Å². The molecule has 3 aromatic rings. The zero-order valence-electron chi connectivity index (χ0n) is 18.8. The van der Waals surface area contributed by atoms with Crippen molar-refractivity contribution >= 4 is 51.9 Å². The molecule has 33 heavy (non-hydrogen) atoms. The number of allylic oxidation sites excluding steroid dienone is 1. The van der Waals surface area contributed by atoms with Crippen LogP contribution in [-0.4, -0.2) is 32.3 Å². The highest BCUT2D eigenvalue weighted by atomic mass is 127. The molecule has 9 heteroatoms. The molecular weight excluding hydrogens is 549 g/mol. The normalized spacial score (nSPS) is 11.6. The first-order valence-corrected chi connectivity index (χ1v) is 12.5. The second kappa shape index (κ2) is 11.5. The van der Waals surface area contributed by atoms with E-state index in [4.69, 9.17) is 0 Å². The van der Waals surface area contributed by atoms with Crippen molar-refractivity contribution in [3.8, 4) is 0 Å². The van der Waals surface area contributed by atoms with Gasteiger partial charge in [0.05, 0.1) is 11.8 Å². The minimum atomic E-state index is -0.373. The van der Waals surface area contributed by atoms with Gasteiger partial charge in [-0.3, -0.25) is 9.59 Å². The quantitative estimate of drug-likeness (QED) is 0.215. The fourth-order valence-electron chi connectivity index (χ4n) is 3.28. The van der Waals surface area contributed by atoms with Gasteiger partial charge in [-0.25, -0.2) is 0 Å². The molecule has 0 aliphatic heterocycles. The first-order valence-electron chi connectivity index (χ1n) is 10.4. The van der Waals surface area contributed by atoms with Crippen molar-refractivity contribution in [3.05, 3.63) is 81.2 Å². The van der Waals surface area contributed by atoms with Gasteiger partial charge in [-0.05, 0) is 78.8 Å². The summed E-state index contributed by atoms with van der Waals surface area (Å²) < 4.78 is 2.98. The SMILES string of the molecule is C=CCn1c(SCC(=O)Nc2ccc(I)cc2C)nnc1[C@H](C)NC(=O)c1ccccc1C. The molecule has 0 saturated carbocycles. The number of hydrogen-bond donors (Lipinski definition) is 2. The molecule has 0 unspecified atom stereocenters. The van der Waals surface area contributed by atoms with E-state index in [1.165, 1.54) is 11.8 Å². The number of carbonyl (C=O) groups is 2. The van der Waals surface area contributed by atoms with Crippen LogP contribution in [-0.2, 0) is 11.3 Å². The Balaban J connectivity index is 1.68. The van der Waals surface area contributed by atoms with E-state index in [9.17, 15) is 9.59 Å². The predicted molar refractivity (Wildman–Crippen MR) is 141 cm³/mol. The van der Waals surface area contributed by atoms with E-state index in [0.29, 0.717) is 23.1 Å². The molecule has 0 fully saturated rings. The molecule has 0 aliphatic rings. The highest BCUT2D eigenvalue weighted by Crippen LogP contribution is 2.23. The van der Waals surface area contributed by atoms with E-state index < -0.39 is 0 Å². The summed E-state index contributed by atoms with van der Waals surface area (Å²) >= 11 is 3.54. The van der Waals surface area contributed by atoms with Crippen molar-refractivity contribution in [1.82, 2.24) is 20.1 Å². The molecule has 2 aromatic carbocycles. The molecule has 1 atom stereocenters. The smallest absolute Gasteiger partial charge is 0.252 e. The Hall–Kier alpha value is -2.66. The number of amides is 2. The lowest BCUT2D eigenvalue weighted by molar-refractivity contribution is -0.113. The molecule has 0 bridgehead atoms. The Morgan fingerprint density at radius 2 is 1.94 bits per heavy atom. The lowest BCUT2D eigenvalue weighted by Gasteiger charge is -2.16. The summed E-state index contributed by atoms with van der Waals surface area (Å²) in [6, 6.07) is 12.9. The molecule has 0 saturated heterocycles. The Kier molecular flexibility index (Phi) is 8.67. The van der Waals surface area contributed by atoms with Crippen LogP contribution < -0.4 is 10.6 Å². The van der Waals surface area contributed by atoms with Crippen LogP contribution in [0.15, 0.2) is 60.3 Å². The average molecular weight is 575 g/mol. The van der Waals surface area contributed by atoms with Crippen LogP contribution in [0.4, 0.5) is 5.69 Å². The third-order valence-electron chi connectivity index (χ3n) is 4.98. The number of halogens is 1. The molecule has 0 radical (unpaired) electrons. The van der Waals surface area contributed by atoms with Gasteiger partial charge in [-0.2, -0.15) is 0 Å². The van der Waals surface area contributed by atoms with E-state index in [-0.39, 0.29) is 23.6 Å². The summed E-state index contributed by atoms with van der Waals surface area (Å²) in [7, 11) is 0. The van der Waals surface area contributed by atoms with Gasteiger partial charge in [0.25, 0.3) is 5.91 Å².